The van der Waals surface area contributed by atoms with E-state index < -0.39 is 0 Å². The molecule has 0 N–H and O–H groups in total. The van der Waals surface area contributed by atoms with Crippen LogP contribution in [0.15, 0.2) is 42.5 Å². The van der Waals surface area contributed by atoms with Gasteiger partial charge < -0.3 is 9.47 Å². The Balaban J connectivity index is 1.74. The summed E-state index contributed by atoms with van der Waals surface area (Å²) in [4.78, 5) is 12.2. The molecule has 0 spiro atoms. The number of halogens is 2. The van der Waals surface area contributed by atoms with Crippen molar-refractivity contribution < 1.29 is 14.3 Å². The first-order valence-electron chi connectivity index (χ1n) is 6.51. The van der Waals surface area contributed by atoms with Crippen molar-refractivity contribution in [1.82, 2.24) is 0 Å². The smallest absolute Gasteiger partial charge is 0.318 e. The number of ether oxygens (including phenoxy) is 2. The van der Waals surface area contributed by atoms with Crippen molar-refractivity contribution in [2.24, 2.45) is 5.92 Å². The minimum Gasteiger partial charge on any atom is -0.492 e. The second kappa shape index (κ2) is 5.96. The molecule has 0 aliphatic carbocycles. The zero-order valence-electron chi connectivity index (χ0n) is 11.0. The molecule has 1 heterocycles. The molecule has 0 saturated heterocycles. The number of hydrogen-bond donors (Lipinski definition) is 0. The second-order valence-corrected chi connectivity index (χ2v) is 5.58. The highest BCUT2D eigenvalue weighted by Crippen LogP contribution is 2.33. The van der Waals surface area contributed by atoms with E-state index in [4.69, 9.17) is 32.7 Å². The van der Waals surface area contributed by atoms with Gasteiger partial charge in [0.15, 0.2) is 5.75 Å². The monoisotopic (exact) mass is 322 g/mol. The van der Waals surface area contributed by atoms with Crippen LogP contribution in [0, 0.1) is 5.92 Å². The Morgan fingerprint density at radius 3 is 2.81 bits per heavy atom. The second-order valence-electron chi connectivity index (χ2n) is 4.79. The predicted octanol–water partition coefficient (Wildman–Crippen LogP) is 4.15. The first-order chi connectivity index (χ1) is 10.1. The number of carbonyl (C=O) groups is 1. The molecule has 3 rings (SSSR count). The molecular formula is C16H12Cl2O3. The Morgan fingerprint density at radius 1 is 1.14 bits per heavy atom. The van der Waals surface area contributed by atoms with Crippen LogP contribution < -0.4 is 9.47 Å². The summed E-state index contributed by atoms with van der Waals surface area (Å²) >= 11 is 11.9. The minimum atomic E-state index is -0.367. The van der Waals surface area contributed by atoms with Gasteiger partial charge in [0.1, 0.15) is 17.4 Å². The molecule has 108 valence electrons. The van der Waals surface area contributed by atoms with E-state index in [2.05, 4.69) is 0 Å². The maximum atomic E-state index is 12.2. The Hall–Kier alpha value is -1.71. The van der Waals surface area contributed by atoms with Gasteiger partial charge >= 0.3 is 5.97 Å². The number of carbonyl (C=O) groups excluding carboxylic acids is 1. The van der Waals surface area contributed by atoms with Gasteiger partial charge in [-0.05, 0) is 30.2 Å². The van der Waals surface area contributed by atoms with E-state index in [1.807, 2.05) is 24.3 Å². The molecule has 0 amide bonds. The van der Waals surface area contributed by atoms with Crippen molar-refractivity contribution >= 4 is 29.2 Å². The van der Waals surface area contributed by atoms with Crippen LogP contribution in [-0.4, -0.2) is 12.6 Å². The predicted molar refractivity (Wildman–Crippen MR) is 81.2 cm³/mol. The topological polar surface area (TPSA) is 35.5 Å². The van der Waals surface area contributed by atoms with Crippen LogP contribution in [0.25, 0.3) is 0 Å². The molecule has 2 aromatic carbocycles. The number of hydrogen-bond acceptors (Lipinski definition) is 3. The Bertz CT molecular complexity index is 685. The lowest BCUT2D eigenvalue weighted by Crippen LogP contribution is -2.31. The van der Waals surface area contributed by atoms with Crippen molar-refractivity contribution in [3.05, 3.63) is 58.1 Å². The molecule has 21 heavy (non-hydrogen) atoms. The fraction of sp³-hybridized carbons (Fsp3) is 0.188. The molecule has 1 aliphatic rings. The summed E-state index contributed by atoms with van der Waals surface area (Å²) in [6.45, 7) is 0.300. The van der Waals surface area contributed by atoms with E-state index in [0.29, 0.717) is 18.1 Å². The minimum absolute atomic E-state index is 0.240. The normalized spacial score (nSPS) is 16.8. The molecule has 3 nitrogen and oxygen atoms in total. The quantitative estimate of drug-likeness (QED) is 0.615. The number of esters is 1. The van der Waals surface area contributed by atoms with Crippen LogP contribution in [0.1, 0.15) is 5.56 Å². The highest BCUT2D eigenvalue weighted by Gasteiger charge is 2.28. The molecule has 2 aromatic rings. The third-order valence-electron chi connectivity index (χ3n) is 3.34. The number of fused-ring (bicyclic) bond motifs is 1. The highest BCUT2D eigenvalue weighted by atomic mass is 35.5. The molecular weight excluding hydrogens is 311 g/mol. The van der Waals surface area contributed by atoms with Crippen molar-refractivity contribution in [3.63, 3.8) is 0 Å². The lowest BCUT2D eigenvalue weighted by Gasteiger charge is -2.23. The van der Waals surface area contributed by atoms with Crippen LogP contribution in [0.4, 0.5) is 0 Å². The largest absolute Gasteiger partial charge is 0.492 e. The Morgan fingerprint density at radius 2 is 1.95 bits per heavy atom. The van der Waals surface area contributed by atoms with Crippen molar-refractivity contribution in [2.45, 2.75) is 6.42 Å². The summed E-state index contributed by atoms with van der Waals surface area (Å²) in [6.07, 6.45) is 0.590. The molecule has 0 fully saturated rings. The van der Waals surface area contributed by atoms with Crippen molar-refractivity contribution in [3.8, 4) is 11.5 Å². The van der Waals surface area contributed by atoms with E-state index in [1.54, 1.807) is 18.2 Å². The molecule has 0 unspecified atom stereocenters. The first-order valence-corrected chi connectivity index (χ1v) is 7.27. The zero-order valence-corrected chi connectivity index (χ0v) is 12.5. The number of para-hydroxylation sites is 1. The van der Waals surface area contributed by atoms with Gasteiger partial charge in [-0.25, -0.2) is 0 Å². The van der Waals surface area contributed by atoms with Crippen LogP contribution in [-0.2, 0) is 11.2 Å². The third-order valence-corrected chi connectivity index (χ3v) is 4.14. The number of benzene rings is 2. The van der Waals surface area contributed by atoms with Gasteiger partial charge in [0.05, 0.1) is 10.9 Å². The van der Waals surface area contributed by atoms with E-state index in [-0.39, 0.29) is 22.7 Å². The third kappa shape index (κ3) is 2.99. The van der Waals surface area contributed by atoms with E-state index in [9.17, 15) is 4.79 Å². The van der Waals surface area contributed by atoms with Crippen LogP contribution >= 0.6 is 23.2 Å². The van der Waals surface area contributed by atoms with Gasteiger partial charge in [-0.1, -0.05) is 47.5 Å². The SMILES string of the molecule is O=C(Oc1cccc(Cl)c1Cl)[C@H]1COc2ccccc2C1. The average molecular weight is 323 g/mol. The molecule has 1 atom stereocenters. The molecule has 0 saturated carbocycles. The van der Waals surface area contributed by atoms with Crippen LogP contribution in [0.2, 0.25) is 10.0 Å². The van der Waals surface area contributed by atoms with E-state index in [1.165, 1.54) is 0 Å². The summed E-state index contributed by atoms with van der Waals surface area (Å²) in [5, 5.41) is 0.594. The maximum absolute atomic E-state index is 12.2. The standard InChI is InChI=1S/C16H12Cl2O3/c17-12-5-3-7-14(15(12)18)21-16(19)11-8-10-4-1-2-6-13(10)20-9-11/h1-7,11H,8-9H2/t11-/m1/s1. The molecule has 0 aromatic heterocycles. The van der Waals surface area contributed by atoms with Crippen LogP contribution in [0.5, 0.6) is 11.5 Å². The van der Waals surface area contributed by atoms with Crippen molar-refractivity contribution in [1.29, 1.82) is 0 Å². The van der Waals surface area contributed by atoms with Crippen LogP contribution in [0.3, 0.4) is 0 Å². The van der Waals surface area contributed by atoms with Gasteiger partial charge in [-0.2, -0.15) is 0 Å². The lowest BCUT2D eigenvalue weighted by atomic mass is 9.97. The van der Waals surface area contributed by atoms with Crippen molar-refractivity contribution in [2.75, 3.05) is 6.61 Å². The molecule has 5 heteroatoms. The van der Waals surface area contributed by atoms with Gasteiger partial charge in [0.2, 0.25) is 0 Å². The highest BCUT2D eigenvalue weighted by molar-refractivity contribution is 6.43. The summed E-state index contributed by atoms with van der Waals surface area (Å²) < 4.78 is 10.9. The average Bonchev–Trinajstić information content (AvgIpc) is 2.51. The first kappa shape index (κ1) is 14.2. The fourth-order valence-electron chi connectivity index (χ4n) is 2.23. The molecule has 1 aliphatic heterocycles. The molecule has 0 radical (unpaired) electrons. The fourth-order valence-corrected chi connectivity index (χ4v) is 2.56. The summed E-state index contributed by atoms with van der Waals surface area (Å²) in [7, 11) is 0. The summed E-state index contributed by atoms with van der Waals surface area (Å²) in [6, 6.07) is 12.6. The summed E-state index contributed by atoms with van der Waals surface area (Å²) in [5.41, 5.74) is 1.00. The lowest BCUT2D eigenvalue weighted by molar-refractivity contribution is -0.140. The number of rotatable bonds is 2. The Labute approximate surface area is 132 Å². The molecule has 0 bridgehead atoms. The van der Waals surface area contributed by atoms with E-state index >= 15 is 0 Å². The van der Waals surface area contributed by atoms with Gasteiger partial charge in [-0.15, -0.1) is 0 Å². The Kier molecular flexibility index (Phi) is 4.04. The maximum Gasteiger partial charge on any atom is 0.318 e. The van der Waals surface area contributed by atoms with Gasteiger partial charge in [0.25, 0.3) is 0 Å². The van der Waals surface area contributed by atoms with E-state index in [0.717, 1.165) is 11.3 Å². The van der Waals surface area contributed by atoms with Gasteiger partial charge in [0, 0.05) is 0 Å². The summed E-state index contributed by atoms with van der Waals surface area (Å²) in [5.74, 6) is 0.374. The van der Waals surface area contributed by atoms with Gasteiger partial charge in [-0.3, -0.25) is 4.79 Å². The zero-order chi connectivity index (χ0) is 14.8.